The van der Waals surface area contributed by atoms with Crippen molar-refractivity contribution in [2.75, 3.05) is 38.0 Å². The Morgan fingerprint density at radius 1 is 0.962 bits per heavy atom. The number of urea groups is 1. The lowest BCUT2D eigenvalue weighted by Gasteiger charge is -2.34. The number of amides is 2. The molecule has 1 fully saturated rings. The molecule has 6 heteroatoms. The largest absolute Gasteiger partial charge is 0.322 e. The van der Waals surface area contributed by atoms with Gasteiger partial charge in [-0.25, -0.2) is 4.79 Å². The monoisotopic (exact) mass is 389 g/mol. The van der Waals surface area contributed by atoms with Gasteiger partial charge in [-0.2, -0.15) is 0 Å². The number of nitrogens with zero attached hydrogens (tertiary/aromatic N) is 2. The van der Waals surface area contributed by atoms with Crippen LogP contribution in [0, 0.1) is 0 Å². The third kappa shape index (κ3) is 5.01. The molecule has 4 nitrogen and oxygen atoms in total. The first-order chi connectivity index (χ1) is 12.6. The Balaban J connectivity index is 1.47. The van der Waals surface area contributed by atoms with E-state index in [9.17, 15) is 4.79 Å². The van der Waals surface area contributed by atoms with E-state index in [1.54, 1.807) is 23.1 Å². The maximum atomic E-state index is 12.4. The van der Waals surface area contributed by atoms with Gasteiger partial charge in [-0.15, -0.1) is 0 Å². The third-order valence-electron chi connectivity index (χ3n) is 4.33. The third-order valence-corrected chi connectivity index (χ3v) is 4.96. The topological polar surface area (TPSA) is 35.6 Å². The molecule has 1 aliphatic rings. The molecular weight excluding hydrogens is 369 g/mol. The van der Waals surface area contributed by atoms with Crippen molar-refractivity contribution in [3.05, 3.63) is 70.2 Å². The summed E-state index contributed by atoms with van der Waals surface area (Å²) in [5, 5.41) is 3.70. The smallest absolute Gasteiger partial charge is 0.322 e. The van der Waals surface area contributed by atoms with E-state index in [1.807, 2.05) is 18.2 Å². The van der Waals surface area contributed by atoms with Crippen LogP contribution in [0.2, 0.25) is 10.0 Å². The standard InChI is InChI=1S/C20H21Cl2N3O/c21-17-9-4-10-18(22)19(17)23-20(26)25-14-12-24(13-15-25)11-5-8-16-6-2-1-3-7-16/h1-10H,11-15H2,(H,23,26)/b8-5+. The van der Waals surface area contributed by atoms with E-state index in [-0.39, 0.29) is 6.03 Å². The minimum absolute atomic E-state index is 0.167. The van der Waals surface area contributed by atoms with E-state index in [2.05, 4.69) is 34.5 Å². The fraction of sp³-hybridized carbons (Fsp3) is 0.250. The second-order valence-corrected chi connectivity index (χ2v) is 6.94. The Morgan fingerprint density at radius 2 is 1.62 bits per heavy atom. The molecule has 0 spiro atoms. The summed E-state index contributed by atoms with van der Waals surface area (Å²) < 4.78 is 0. The van der Waals surface area contributed by atoms with Crippen LogP contribution >= 0.6 is 23.2 Å². The van der Waals surface area contributed by atoms with Crippen molar-refractivity contribution >= 4 is 41.0 Å². The molecular formula is C20H21Cl2N3O. The number of carbonyl (C=O) groups is 1. The Labute approximate surface area is 164 Å². The molecule has 1 saturated heterocycles. The number of para-hydroxylation sites is 1. The van der Waals surface area contributed by atoms with Gasteiger partial charge < -0.3 is 10.2 Å². The number of hydrogen-bond acceptors (Lipinski definition) is 2. The van der Waals surface area contributed by atoms with Crippen molar-refractivity contribution in [2.45, 2.75) is 0 Å². The zero-order valence-corrected chi connectivity index (χ0v) is 15.9. The Bertz CT molecular complexity index is 752. The van der Waals surface area contributed by atoms with E-state index in [4.69, 9.17) is 23.2 Å². The van der Waals surface area contributed by atoms with Gasteiger partial charge in [-0.3, -0.25) is 4.90 Å². The van der Waals surface area contributed by atoms with Crippen LogP contribution in [-0.4, -0.2) is 48.6 Å². The van der Waals surface area contributed by atoms with Crippen molar-refractivity contribution in [3.8, 4) is 0 Å². The molecule has 0 unspecified atom stereocenters. The summed E-state index contributed by atoms with van der Waals surface area (Å²) in [6.45, 7) is 3.90. The summed E-state index contributed by atoms with van der Waals surface area (Å²) in [4.78, 5) is 16.6. The number of nitrogens with one attached hydrogen (secondary N) is 1. The van der Waals surface area contributed by atoms with Crippen LogP contribution in [0.1, 0.15) is 5.56 Å². The van der Waals surface area contributed by atoms with Crippen LogP contribution in [0.25, 0.3) is 6.08 Å². The maximum Gasteiger partial charge on any atom is 0.322 e. The van der Waals surface area contributed by atoms with E-state index >= 15 is 0 Å². The highest BCUT2D eigenvalue weighted by molar-refractivity contribution is 6.39. The second kappa shape index (κ2) is 9.08. The van der Waals surface area contributed by atoms with Gasteiger partial charge in [-0.05, 0) is 17.7 Å². The summed E-state index contributed by atoms with van der Waals surface area (Å²) >= 11 is 12.2. The van der Waals surface area contributed by atoms with Crippen molar-refractivity contribution in [2.24, 2.45) is 0 Å². The molecule has 1 N–H and O–H groups in total. The maximum absolute atomic E-state index is 12.4. The van der Waals surface area contributed by atoms with Crippen LogP contribution < -0.4 is 5.32 Å². The number of rotatable bonds is 4. The molecule has 3 rings (SSSR count). The number of piperazine rings is 1. The molecule has 2 aromatic carbocycles. The molecule has 136 valence electrons. The van der Waals surface area contributed by atoms with Gasteiger partial charge in [0, 0.05) is 32.7 Å². The molecule has 2 aromatic rings. The average Bonchev–Trinajstić information content (AvgIpc) is 2.66. The van der Waals surface area contributed by atoms with Crippen LogP contribution in [0.4, 0.5) is 10.5 Å². The molecule has 0 aliphatic carbocycles. The van der Waals surface area contributed by atoms with Crippen LogP contribution in [0.3, 0.4) is 0 Å². The van der Waals surface area contributed by atoms with Gasteiger partial charge in [-0.1, -0.05) is 71.8 Å². The first-order valence-corrected chi connectivity index (χ1v) is 9.33. The molecule has 0 radical (unpaired) electrons. The Hall–Kier alpha value is -2.01. The molecule has 0 aromatic heterocycles. The van der Waals surface area contributed by atoms with Gasteiger partial charge in [0.15, 0.2) is 0 Å². The Morgan fingerprint density at radius 3 is 2.27 bits per heavy atom. The molecule has 0 saturated carbocycles. The lowest BCUT2D eigenvalue weighted by atomic mass is 10.2. The molecule has 1 heterocycles. The van der Waals surface area contributed by atoms with E-state index < -0.39 is 0 Å². The van der Waals surface area contributed by atoms with Crippen LogP contribution in [0.15, 0.2) is 54.6 Å². The summed E-state index contributed by atoms with van der Waals surface area (Å²) in [5.41, 5.74) is 1.66. The van der Waals surface area contributed by atoms with Crippen molar-refractivity contribution in [1.82, 2.24) is 9.80 Å². The van der Waals surface area contributed by atoms with E-state index in [0.717, 1.165) is 19.6 Å². The lowest BCUT2D eigenvalue weighted by Crippen LogP contribution is -2.49. The van der Waals surface area contributed by atoms with Gasteiger partial charge in [0.1, 0.15) is 0 Å². The fourth-order valence-corrected chi connectivity index (χ4v) is 3.33. The molecule has 0 atom stereocenters. The van der Waals surface area contributed by atoms with E-state index in [1.165, 1.54) is 5.56 Å². The van der Waals surface area contributed by atoms with Gasteiger partial charge in [0.25, 0.3) is 0 Å². The summed E-state index contributed by atoms with van der Waals surface area (Å²) in [5.74, 6) is 0. The lowest BCUT2D eigenvalue weighted by molar-refractivity contribution is 0.156. The SMILES string of the molecule is O=C(Nc1c(Cl)cccc1Cl)N1CCN(C/C=C/c2ccccc2)CC1. The number of halogens is 2. The highest BCUT2D eigenvalue weighted by atomic mass is 35.5. The summed E-state index contributed by atoms with van der Waals surface area (Å²) in [6.07, 6.45) is 4.28. The second-order valence-electron chi connectivity index (χ2n) is 6.13. The zero-order valence-electron chi connectivity index (χ0n) is 14.4. The fourth-order valence-electron chi connectivity index (χ4n) is 2.84. The van der Waals surface area contributed by atoms with E-state index in [0.29, 0.717) is 28.8 Å². The molecule has 26 heavy (non-hydrogen) atoms. The first kappa shape index (κ1) is 18.8. The summed E-state index contributed by atoms with van der Waals surface area (Å²) in [7, 11) is 0. The van der Waals surface area contributed by atoms with Crippen molar-refractivity contribution in [3.63, 3.8) is 0 Å². The number of anilines is 1. The predicted molar refractivity (Wildman–Crippen MR) is 109 cm³/mol. The van der Waals surface area contributed by atoms with Crippen LogP contribution in [0.5, 0.6) is 0 Å². The minimum atomic E-state index is -0.167. The molecule has 2 amide bonds. The number of benzene rings is 2. The predicted octanol–water partition coefficient (Wildman–Crippen LogP) is 4.86. The highest BCUT2D eigenvalue weighted by Gasteiger charge is 2.21. The average molecular weight is 390 g/mol. The quantitative estimate of drug-likeness (QED) is 0.810. The summed E-state index contributed by atoms with van der Waals surface area (Å²) in [6, 6.07) is 15.2. The Kier molecular flexibility index (Phi) is 6.56. The first-order valence-electron chi connectivity index (χ1n) is 8.57. The zero-order chi connectivity index (χ0) is 18.4. The number of carbonyl (C=O) groups excluding carboxylic acids is 1. The highest BCUT2D eigenvalue weighted by Crippen LogP contribution is 2.30. The van der Waals surface area contributed by atoms with Gasteiger partial charge in [0.05, 0.1) is 15.7 Å². The number of hydrogen-bond donors (Lipinski definition) is 1. The van der Waals surface area contributed by atoms with Crippen molar-refractivity contribution < 1.29 is 4.79 Å². The van der Waals surface area contributed by atoms with Gasteiger partial charge in [0.2, 0.25) is 0 Å². The minimum Gasteiger partial charge on any atom is -0.322 e. The van der Waals surface area contributed by atoms with Crippen LogP contribution in [-0.2, 0) is 0 Å². The van der Waals surface area contributed by atoms with Crippen molar-refractivity contribution in [1.29, 1.82) is 0 Å². The normalized spacial score (nSPS) is 15.4. The van der Waals surface area contributed by atoms with Gasteiger partial charge >= 0.3 is 6.03 Å². The molecule has 1 aliphatic heterocycles. The molecule has 0 bridgehead atoms.